The molecule has 1 fully saturated rings. The number of hydrogen-bond acceptors (Lipinski definition) is 2. The van der Waals surface area contributed by atoms with Gasteiger partial charge in [0, 0.05) is 17.1 Å². The Hall–Kier alpha value is -1.03. The fourth-order valence-electron chi connectivity index (χ4n) is 2.87. The van der Waals surface area contributed by atoms with Gasteiger partial charge < -0.3 is 10.0 Å². The molecule has 1 saturated heterocycles. The average molecular weight is 326 g/mol. The van der Waals surface area contributed by atoms with E-state index in [0.29, 0.717) is 11.6 Å². The van der Waals surface area contributed by atoms with Crippen LogP contribution in [0.3, 0.4) is 0 Å². The van der Waals surface area contributed by atoms with Gasteiger partial charge in [-0.15, -0.1) is 0 Å². The summed E-state index contributed by atoms with van der Waals surface area (Å²) >= 11 is 3.45. The zero-order valence-electron chi connectivity index (χ0n) is 11.2. The van der Waals surface area contributed by atoms with Crippen LogP contribution in [0.4, 0.5) is 5.69 Å². The molecule has 0 amide bonds. The maximum Gasteiger partial charge on any atom is 0.337 e. The Morgan fingerprint density at radius 3 is 2.95 bits per heavy atom. The molecular formula is C15H20BrNO2. The molecule has 3 nitrogen and oxygen atoms in total. The summed E-state index contributed by atoms with van der Waals surface area (Å²) in [5.41, 5.74) is 1.27. The summed E-state index contributed by atoms with van der Waals surface area (Å²) in [6.45, 7) is 3.15. The number of rotatable bonds is 4. The van der Waals surface area contributed by atoms with Crippen molar-refractivity contribution in [2.75, 3.05) is 11.4 Å². The molecule has 1 aromatic carbocycles. The van der Waals surface area contributed by atoms with E-state index in [-0.39, 0.29) is 0 Å². The van der Waals surface area contributed by atoms with Gasteiger partial charge >= 0.3 is 5.97 Å². The third-order valence-corrected chi connectivity index (χ3v) is 4.24. The van der Waals surface area contributed by atoms with E-state index in [0.717, 1.165) is 36.0 Å². The first-order chi connectivity index (χ1) is 9.13. The summed E-state index contributed by atoms with van der Waals surface area (Å²) < 4.78 is 0.938. The Labute approximate surface area is 122 Å². The first-order valence-corrected chi connectivity index (χ1v) is 7.72. The maximum absolute atomic E-state index is 11.4. The molecule has 1 aromatic rings. The number of halogens is 1. The standard InChI is InChI=1S/C15H20BrNO2/c1-2-5-12-6-3-4-9-17(12)14-10-11(16)7-8-13(14)15(18)19/h7-8,10,12H,2-6,9H2,1H3,(H,18,19). The van der Waals surface area contributed by atoms with Gasteiger partial charge in [-0.1, -0.05) is 29.3 Å². The van der Waals surface area contributed by atoms with Gasteiger partial charge in [0.25, 0.3) is 0 Å². The Morgan fingerprint density at radius 2 is 2.26 bits per heavy atom. The Morgan fingerprint density at radius 1 is 1.47 bits per heavy atom. The van der Waals surface area contributed by atoms with E-state index in [4.69, 9.17) is 0 Å². The number of benzene rings is 1. The van der Waals surface area contributed by atoms with E-state index in [9.17, 15) is 9.90 Å². The molecule has 104 valence electrons. The second-order valence-corrected chi connectivity index (χ2v) is 6.01. The lowest BCUT2D eigenvalue weighted by molar-refractivity contribution is 0.0697. The highest BCUT2D eigenvalue weighted by atomic mass is 79.9. The predicted molar refractivity (Wildman–Crippen MR) is 81.0 cm³/mol. The molecule has 1 N–H and O–H groups in total. The Balaban J connectivity index is 2.37. The van der Waals surface area contributed by atoms with Crippen molar-refractivity contribution in [1.82, 2.24) is 0 Å². The molecule has 1 heterocycles. The van der Waals surface area contributed by atoms with Crippen LogP contribution in [0, 0.1) is 0 Å². The van der Waals surface area contributed by atoms with Crippen LogP contribution in [0.1, 0.15) is 49.4 Å². The predicted octanol–water partition coefficient (Wildman–Crippen LogP) is 4.31. The largest absolute Gasteiger partial charge is 0.478 e. The molecule has 0 aromatic heterocycles. The fourth-order valence-corrected chi connectivity index (χ4v) is 3.22. The van der Waals surface area contributed by atoms with Crippen LogP contribution in [-0.2, 0) is 0 Å². The van der Waals surface area contributed by atoms with Gasteiger partial charge in [-0.05, 0) is 43.9 Å². The summed E-state index contributed by atoms with van der Waals surface area (Å²) in [7, 11) is 0. The van der Waals surface area contributed by atoms with Crippen molar-refractivity contribution in [2.24, 2.45) is 0 Å². The first kappa shape index (κ1) is 14.4. The van der Waals surface area contributed by atoms with Gasteiger partial charge in [0.1, 0.15) is 0 Å². The number of carbonyl (C=O) groups is 1. The zero-order chi connectivity index (χ0) is 13.8. The zero-order valence-corrected chi connectivity index (χ0v) is 12.8. The molecule has 0 bridgehead atoms. The van der Waals surface area contributed by atoms with Crippen LogP contribution >= 0.6 is 15.9 Å². The van der Waals surface area contributed by atoms with E-state index >= 15 is 0 Å². The van der Waals surface area contributed by atoms with E-state index in [1.807, 2.05) is 6.07 Å². The van der Waals surface area contributed by atoms with E-state index in [2.05, 4.69) is 27.8 Å². The van der Waals surface area contributed by atoms with E-state index < -0.39 is 5.97 Å². The number of aromatic carboxylic acids is 1. The molecule has 2 rings (SSSR count). The first-order valence-electron chi connectivity index (χ1n) is 6.93. The lowest BCUT2D eigenvalue weighted by Crippen LogP contribution is -2.40. The highest BCUT2D eigenvalue weighted by Gasteiger charge is 2.25. The van der Waals surface area contributed by atoms with Gasteiger partial charge in [0.15, 0.2) is 0 Å². The summed E-state index contributed by atoms with van der Waals surface area (Å²) in [5, 5.41) is 9.36. The molecule has 0 spiro atoms. The second kappa shape index (κ2) is 6.42. The van der Waals surface area contributed by atoms with E-state index in [1.165, 1.54) is 12.8 Å². The topological polar surface area (TPSA) is 40.5 Å². The van der Waals surface area contributed by atoms with Gasteiger partial charge in [0.05, 0.1) is 11.3 Å². The van der Waals surface area contributed by atoms with Crippen molar-refractivity contribution in [2.45, 2.75) is 45.1 Å². The highest BCUT2D eigenvalue weighted by Crippen LogP contribution is 2.32. The molecule has 0 radical (unpaired) electrons. The van der Waals surface area contributed by atoms with Crippen molar-refractivity contribution in [1.29, 1.82) is 0 Å². The lowest BCUT2D eigenvalue weighted by Gasteiger charge is -2.38. The van der Waals surface area contributed by atoms with Crippen molar-refractivity contribution in [3.8, 4) is 0 Å². The molecule has 1 aliphatic rings. The molecule has 1 aliphatic heterocycles. The van der Waals surface area contributed by atoms with Crippen molar-refractivity contribution in [3.05, 3.63) is 28.2 Å². The number of nitrogens with zero attached hydrogens (tertiary/aromatic N) is 1. The fraction of sp³-hybridized carbons (Fsp3) is 0.533. The van der Waals surface area contributed by atoms with Gasteiger partial charge in [-0.25, -0.2) is 4.79 Å². The summed E-state index contributed by atoms with van der Waals surface area (Å²) in [5.74, 6) is -0.844. The minimum absolute atomic E-state index is 0.409. The average Bonchev–Trinajstić information content (AvgIpc) is 2.39. The number of piperidine rings is 1. The SMILES string of the molecule is CCCC1CCCCN1c1cc(Br)ccc1C(=O)O. The number of hydrogen-bond donors (Lipinski definition) is 1. The summed E-state index contributed by atoms with van der Waals surface area (Å²) in [4.78, 5) is 13.7. The minimum Gasteiger partial charge on any atom is -0.478 e. The molecule has 19 heavy (non-hydrogen) atoms. The van der Waals surface area contributed by atoms with Crippen LogP contribution in [0.2, 0.25) is 0 Å². The van der Waals surface area contributed by atoms with Crippen LogP contribution in [0.15, 0.2) is 22.7 Å². The smallest absolute Gasteiger partial charge is 0.337 e. The van der Waals surface area contributed by atoms with Crippen molar-refractivity contribution < 1.29 is 9.90 Å². The number of carboxylic acid groups (broad SMARTS) is 1. The monoisotopic (exact) mass is 325 g/mol. The van der Waals surface area contributed by atoms with Crippen LogP contribution in [0.25, 0.3) is 0 Å². The van der Waals surface area contributed by atoms with E-state index in [1.54, 1.807) is 12.1 Å². The lowest BCUT2D eigenvalue weighted by atomic mass is 9.96. The van der Waals surface area contributed by atoms with Crippen LogP contribution in [-0.4, -0.2) is 23.7 Å². The van der Waals surface area contributed by atoms with Crippen molar-refractivity contribution >= 4 is 27.6 Å². The summed E-state index contributed by atoms with van der Waals surface area (Å²) in [6.07, 6.45) is 5.83. The molecule has 1 atom stereocenters. The summed E-state index contributed by atoms with van der Waals surface area (Å²) in [6, 6.07) is 5.91. The molecule has 0 aliphatic carbocycles. The molecule has 1 unspecified atom stereocenters. The van der Waals surface area contributed by atoms with Crippen molar-refractivity contribution in [3.63, 3.8) is 0 Å². The van der Waals surface area contributed by atoms with Gasteiger partial charge in [-0.3, -0.25) is 0 Å². The molecule has 4 heteroatoms. The van der Waals surface area contributed by atoms with Gasteiger partial charge in [0.2, 0.25) is 0 Å². The van der Waals surface area contributed by atoms with Gasteiger partial charge in [-0.2, -0.15) is 0 Å². The normalized spacial score (nSPS) is 19.5. The maximum atomic E-state index is 11.4. The molecular weight excluding hydrogens is 306 g/mol. The third kappa shape index (κ3) is 3.30. The Bertz CT molecular complexity index is 459. The third-order valence-electron chi connectivity index (χ3n) is 3.75. The Kier molecular flexibility index (Phi) is 4.86. The van der Waals surface area contributed by atoms with Crippen LogP contribution < -0.4 is 4.90 Å². The minimum atomic E-state index is -0.844. The highest BCUT2D eigenvalue weighted by molar-refractivity contribution is 9.10. The second-order valence-electron chi connectivity index (χ2n) is 5.10. The number of carboxylic acids is 1. The molecule has 0 saturated carbocycles. The van der Waals surface area contributed by atoms with Crippen LogP contribution in [0.5, 0.6) is 0 Å². The quantitative estimate of drug-likeness (QED) is 0.896. The number of anilines is 1.